The van der Waals surface area contributed by atoms with Crippen molar-refractivity contribution >= 4 is 11.3 Å². The lowest BCUT2D eigenvalue weighted by Crippen LogP contribution is -2.12. The summed E-state index contributed by atoms with van der Waals surface area (Å²) in [7, 11) is 0. The number of nitrogens with zero attached hydrogens (tertiary/aromatic N) is 4. The fourth-order valence-electron chi connectivity index (χ4n) is 1.02. The molecule has 2 heterocycles. The Hall–Kier alpha value is -1.72. The first-order valence-electron chi connectivity index (χ1n) is 3.63. The first-order valence-corrected chi connectivity index (χ1v) is 3.63. The van der Waals surface area contributed by atoms with Gasteiger partial charge in [0.15, 0.2) is 0 Å². The molecule has 0 saturated heterocycles. The molecule has 0 spiro atoms. The molecule has 0 atom stereocenters. The summed E-state index contributed by atoms with van der Waals surface area (Å²) < 4.78 is 1.56. The molecule has 2 aromatic heterocycles. The van der Waals surface area contributed by atoms with Crippen LogP contribution in [-0.2, 0) is 0 Å². The number of fused-ring (bicyclic) bond motifs is 1. The monoisotopic (exact) mass is 167 g/mol. The smallest absolute Gasteiger partial charge is 0.217 e. The van der Waals surface area contributed by atoms with Gasteiger partial charge < -0.3 is 10.6 Å². The van der Waals surface area contributed by atoms with Gasteiger partial charge in [0.25, 0.3) is 0 Å². The van der Waals surface area contributed by atoms with E-state index in [9.17, 15) is 0 Å². The highest BCUT2D eigenvalue weighted by atomic mass is 16.7. The van der Waals surface area contributed by atoms with E-state index in [1.807, 2.05) is 6.92 Å². The van der Waals surface area contributed by atoms with Gasteiger partial charge in [0, 0.05) is 0 Å². The fraction of sp³-hybridized carbons (Fsp3) is 0.333. The molecule has 0 bridgehead atoms. The lowest BCUT2D eigenvalue weighted by molar-refractivity contribution is 0.102. The van der Waals surface area contributed by atoms with Gasteiger partial charge in [0.05, 0.1) is 6.20 Å². The SMILES string of the molecule is CCOn1ncn2ncc(N)c12. The van der Waals surface area contributed by atoms with E-state index < -0.39 is 0 Å². The van der Waals surface area contributed by atoms with Gasteiger partial charge in [-0.3, -0.25) is 0 Å². The van der Waals surface area contributed by atoms with Crippen LogP contribution in [0.3, 0.4) is 0 Å². The summed E-state index contributed by atoms with van der Waals surface area (Å²) >= 11 is 0. The average molecular weight is 167 g/mol. The Morgan fingerprint density at radius 1 is 1.58 bits per heavy atom. The van der Waals surface area contributed by atoms with Crippen LogP contribution >= 0.6 is 0 Å². The summed E-state index contributed by atoms with van der Waals surface area (Å²) in [5.41, 5.74) is 6.85. The average Bonchev–Trinajstić information content (AvgIpc) is 2.58. The van der Waals surface area contributed by atoms with Crippen LogP contribution in [0.15, 0.2) is 12.5 Å². The Morgan fingerprint density at radius 2 is 2.42 bits per heavy atom. The van der Waals surface area contributed by atoms with E-state index in [4.69, 9.17) is 10.6 Å². The maximum atomic E-state index is 5.63. The summed E-state index contributed by atoms with van der Waals surface area (Å²) in [4.78, 5) is 6.53. The first-order chi connectivity index (χ1) is 5.83. The van der Waals surface area contributed by atoms with Crippen molar-refractivity contribution in [2.45, 2.75) is 6.92 Å². The molecule has 0 radical (unpaired) electrons. The van der Waals surface area contributed by atoms with Crippen LogP contribution in [-0.4, -0.2) is 26.2 Å². The molecule has 6 nitrogen and oxygen atoms in total. The number of anilines is 1. The zero-order valence-electron chi connectivity index (χ0n) is 6.64. The van der Waals surface area contributed by atoms with Gasteiger partial charge >= 0.3 is 0 Å². The first kappa shape index (κ1) is 6.96. The lowest BCUT2D eigenvalue weighted by atomic mass is 10.6. The fourth-order valence-corrected chi connectivity index (χ4v) is 1.02. The minimum Gasteiger partial charge on any atom is -0.395 e. The Balaban J connectivity index is 2.59. The number of nitrogens with two attached hydrogens (primary N) is 1. The van der Waals surface area contributed by atoms with Crippen LogP contribution in [0.5, 0.6) is 0 Å². The summed E-state index contributed by atoms with van der Waals surface area (Å²) in [5.74, 6) is 0. The van der Waals surface area contributed by atoms with E-state index in [1.54, 1.807) is 17.0 Å². The molecule has 0 saturated carbocycles. The molecular weight excluding hydrogens is 158 g/mol. The molecule has 0 aromatic carbocycles. The lowest BCUT2D eigenvalue weighted by Gasteiger charge is -2.00. The second-order valence-electron chi connectivity index (χ2n) is 2.29. The molecule has 2 N–H and O–H groups in total. The standard InChI is InChI=1S/C6H9N5O/c1-2-12-11-6-5(7)3-8-10(6)4-9-11/h3-4H,2,7H2,1H3. The van der Waals surface area contributed by atoms with Gasteiger partial charge in [-0.25, -0.2) is 0 Å². The molecule has 2 aromatic rings. The van der Waals surface area contributed by atoms with Crippen LogP contribution < -0.4 is 10.6 Å². The number of hydrogen-bond acceptors (Lipinski definition) is 4. The highest BCUT2D eigenvalue weighted by molar-refractivity contribution is 5.62. The van der Waals surface area contributed by atoms with E-state index in [0.717, 1.165) is 0 Å². The highest BCUT2D eigenvalue weighted by Gasteiger charge is 2.07. The Labute approximate surface area is 68.5 Å². The number of nitrogen functional groups attached to an aromatic ring is 1. The molecule has 0 unspecified atom stereocenters. The molecule has 6 heteroatoms. The van der Waals surface area contributed by atoms with Crippen LogP contribution in [0.4, 0.5) is 5.69 Å². The minimum absolute atomic E-state index is 0.544. The minimum atomic E-state index is 0.544. The Kier molecular flexibility index (Phi) is 1.39. The summed E-state index contributed by atoms with van der Waals surface area (Å²) in [6.07, 6.45) is 3.11. The van der Waals surface area contributed by atoms with E-state index >= 15 is 0 Å². The van der Waals surface area contributed by atoms with Gasteiger partial charge in [-0.05, 0) is 6.92 Å². The van der Waals surface area contributed by atoms with Gasteiger partial charge in [0.1, 0.15) is 18.6 Å². The van der Waals surface area contributed by atoms with E-state index in [1.165, 1.54) is 4.85 Å². The van der Waals surface area contributed by atoms with Crippen molar-refractivity contribution in [3.63, 3.8) is 0 Å². The normalized spacial score (nSPS) is 10.8. The topological polar surface area (TPSA) is 70.4 Å². The van der Waals surface area contributed by atoms with Crippen molar-refractivity contribution in [2.24, 2.45) is 0 Å². The van der Waals surface area contributed by atoms with Crippen molar-refractivity contribution in [3.05, 3.63) is 12.5 Å². The van der Waals surface area contributed by atoms with E-state index in [-0.39, 0.29) is 0 Å². The molecule has 0 aliphatic rings. The van der Waals surface area contributed by atoms with Crippen LogP contribution in [0.2, 0.25) is 0 Å². The predicted octanol–water partition coefficient (Wildman–Crippen LogP) is -0.439. The largest absolute Gasteiger partial charge is 0.395 e. The van der Waals surface area contributed by atoms with Crippen molar-refractivity contribution in [1.29, 1.82) is 0 Å². The summed E-state index contributed by atoms with van der Waals surface area (Å²) in [6, 6.07) is 0. The Bertz CT molecular complexity index is 389. The number of aromatic nitrogens is 4. The maximum Gasteiger partial charge on any atom is 0.217 e. The predicted molar refractivity (Wildman–Crippen MR) is 42.5 cm³/mol. The summed E-state index contributed by atoms with van der Waals surface area (Å²) in [5, 5.41) is 7.87. The van der Waals surface area contributed by atoms with Crippen LogP contribution in [0.1, 0.15) is 6.92 Å². The van der Waals surface area contributed by atoms with Crippen molar-refractivity contribution in [3.8, 4) is 0 Å². The summed E-state index contributed by atoms with van der Waals surface area (Å²) in [6.45, 7) is 2.42. The zero-order chi connectivity index (χ0) is 8.55. The second-order valence-corrected chi connectivity index (χ2v) is 2.29. The third-order valence-corrected chi connectivity index (χ3v) is 1.49. The van der Waals surface area contributed by atoms with E-state index in [2.05, 4.69) is 10.2 Å². The molecule has 0 aliphatic heterocycles. The second kappa shape index (κ2) is 2.40. The third kappa shape index (κ3) is 0.810. The van der Waals surface area contributed by atoms with Crippen LogP contribution in [0, 0.1) is 0 Å². The van der Waals surface area contributed by atoms with Gasteiger partial charge in [-0.1, -0.05) is 4.85 Å². The van der Waals surface area contributed by atoms with Gasteiger partial charge in [-0.15, -0.1) is 5.10 Å². The third-order valence-electron chi connectivity index (χ3n) is 1.49. The highest BCUT2D eigenvalue weighted by Crippen LogP contribution is 2.09. The molecular formula is C6H9N5O. The maximum absolute atomic E-state index is 5.63. The molecule has 2 rings (SSSR count). The molecule has 0 aliphatic carbocycles. The van der Waals surface area contributed by atoms with Crippen molar-refractivity contribution < 1.29 is 4.84 Å². The number of rotatable bonds is 2. The van der Waals surface area contributed by atoms with Crippen LogP contribution in [0.25, 0.3) is 5.65 Å². The Morgan fingerprint density at radius 3 is 3.17 bits per heavy atom. The van der Waals surface area contributed by atoms with Crippen molar-refractivity contribution in [1.82, 2.24) is 19.6 Å². The van der Waals surface area contributed by atoms with Gasteiger partial charge in [-0.2, -0.15) is 9.61 Å². The van der Waals surface area contributed by atoms with E-state index in [0.29, 0.717) is 17.9 Å². The molecule has 12 heavy (non-hydrogen) atoms. The quantitative estimate of drug-likeness (QED) is 0.658. The van der Waals surface area contributed by atoms with Gasteiger partial charge in [0.2, 0.25) is 5.65 Å². The van der Waals surface area contributed by atoms with Crippen molar-refractivity contribution in [2.75, 3.05) is 12.3 Å². The zero-order valence-corrected chi connectivity index (χ0v) is 6.64. The molecule has 64 valence electrons. The number of hydrogen-bond donors (Lipinski definition) is 1. The molecule has 0 fully saturated rings. The molecule has 0 amide bonds.